The molecule has 0 bridgehead atoms. The largest absolute Gasteiger partial charge is 0.325 e. The van der Waals surface area contributed by atoms with Crippen LogP contribution in [0.5, 0.6) is 0 Å². The first kappa shape index (κ1) is 20.8. The van der Waals surface area contributed by atoms with Gasteiger partial charge in [-0.2, -0.15) is 4.31 Å². The van der Waals surface area contributed by atoms with Crippen LogP contribution in [0.1, 0.15) is 31.2 Å². The van der Waals surface area contributed by atoms with E-state index >= 15 is 0 Å². The smallest absolute Gasteiger partial charge is 0.243 e. The molecular weight excluding hydrogens is 394 g/mol. The highest BCUT2D eigenvalue weighted by atomic mass is 32.2. The lowest BCUT2D eigenvalue weighted by molar-refractivity contribution is -0.113. The van der Waals surface area contributed by atoms with E-state index < -0.39 is 10.0 Å². The van der Waals surface area contributed by atoms with Crippen molar-refractivity contribution < 1.29 is 13.2 Å². The third-order valence-electron chi connectivity index (χ3n) is 4.64. The van der Waals surface area contributed by atoms with Crippen LogP contribution >= 0.6 is 11.8 Å². The molecule has 1 aliphatic heterocycles. The van der Waals surface area contributed by atoms with Crippen LogP contribution in [0.3, 0.4) is 0 Å². The standard InChI is InChI=1S/C20H25N3O3S2/c1-16-9-10-17(22-19(24)15-27-20-8-4-5-11-21-20)14-18(16)28(25,26)23-12-6-2-3-7-13-23/h4-5,8-11,14H,2-3,6-7,12-13,15H2,1H3,(H,22,24). The van der Waals surface area contributed by atoms with E-state index in [4.69, 9.17) is 0 Å². The zero-order chi connectivity index (χ0) is 20.0. The first-order chi connectivity index (χ1) is 13.5. The van der Waals surface area contributed by atoms with E-state index in [-0.39, 0.29) is 16.6 Å². The first-order valence-electron chi connectivity index (χ1n) is 9.41. The fraction of sp³-hybridized carbons (Fsp3) is 0.400. The number of hydrogen-bond donors (Lipinski definition) is 1. The molecule has 1 aromatic heterocycles. The fourth-order valence-corrected chi connectivity index (χ4v) is 5.58. The maximum Gasteiger partial charge on any atom is 0.243 e. The third-order valence-corrected chi connectivity index (χ3v) is 7.63. The van der Waals surface area contributed by atoms with Crippen LogP contribution in [0.25, 0.3) is 0 Å². The molecule has 0 radical (unpaired) electrons. The van der Waals surface area contributed by atoms with E-state index in [1.807, 2.05) is 18.2 Å². The van der Waals surface area contributed by atoms with Crippen LogP contribution in [0.15, 0.2) is 52.5 Å². The van der Waals surface area contributed by atoms with Crippen LogP contribution < -0.4 is 5.32 Å². The van der Waals surface area contributed by atoms with Crippen molar-refractivity contribution in [2.45, 2.75) is 42.5 Å². The highest BCUT2D eigenvalue weighted by Crippen LogP contribution is 2.26. The van der Waals surface area contributed by atoms with E-state index in [1.165, 1.54) is 11.8 Å². The summed E-state index contributed by atoms with van der Waals surface area (Å²) in [5.74, 6) is 0.0108. The monoisotopic (exact) mass is 419 g/mol. The minimum absolute atomic E-state index is 0.197. The normalized spacial score (nSPS) is 15.8. The van der Waals surface area contributed by atoms with Gasteiger partial charge < -0.3 is 5.32 Å². The van der Waals surface area contributed by atoms with Crippen molar-refractivity contribution in [2.75, 3.05) is 24.2 Å². The Morgan fingerprint density at radius 1 is 1.14 bits per heavy atom. The number of aromatic nitrogens is 1. The van der Waals surface area contributed by atoms with Crippen molar-refractivity contribution in [3.63, 3.8) is 0 Å². The summed E-state index contributed by atoms with van der Waals surface area (Å²) in [7, 11) is -3.56. The summed E-state index contributed by atoms with van der Waals surface area (Å²) in [5, 5.41) is 3.57. The van der Waals surface area contributed by atoms with Crippen molar-refractivity contribution in [1.29, 1.82) is 0 Å². The third kappa shape index (κ3) is 5.33. The predicted octanol–water partition coefficient (Wildman–Crippen LogP) is 3.69. The SMILES string of the molecule is Cc1ccc(NC(=O)CSc2ccccn2)cc1S(=O)(=O)N1CCCCCC1. The Labute approximate surface area is 170 Å². The number of pyridine rings is 1. The van der Waals surface area contributed by atoms with Crippen molar-refractivity contribution in [2.24, 2.45) is 0 Å². The lowest BCUT2D eigenvalue weighted by atomic mass is 10.2. The number of benzene rings is 1. The summed E-state index contributed by atoms with van der Waals surface area (Å²) in [4.78, 5) is 16.7. The Morgan fingerprint density at radius 3 is 2.57 bits per heavy atom. The van der Waals surface area contributed by atoms with Crippen molar-refractivity contribution in [3.05, 3.63) is 48.2 Å². The lowest BCUT2D eigenvalue weighted by Crippen LogP contribution is -2.32. The average molecular weight is 420 g/mol. The minimum atomic E-state index is -3.56. The second-order valence-corrected chi connectivity index (χ2v) is 9.71. The topological polar surface area (TPSA) is 79.4 Å². The van der Waals surface area contributed by atoms with Crippen LogP contribution in [0.4, 0.5) is 5.69 Å². The quantitative estimate of drug-likeness (QED) is 0.723. The van der Waals surface area contributed by atoms with E-state index in [2.05, 4.69) is 10.3 Å². The summed E-state index contributed by atoms with van der Waals surface area (Å²) < 4.78 is 27.8. The van der Waals surface area contributed by atoms with Gasteiger partial charge in [-0.1, -0.05) is 36.7 Å². The zero-order valence-corrected chi connectivity index (χ0v) is 17.6. The Balaban J connectivity index is 1.71. The average Bonchev–Trinajstić information content (AvgIpc) is 2.99. The van der Waals surface area contributed by atoms with Crippen LogP contribution in [-0.4, -0.2) is 42.5 Å². The summed E-state index contributed by atoms with van der Waals surface area (Å²) >= 11 is 1.34. The molecule has 0 aliphatic carbocycles. The highest BCUT2D eigenvalue weighted by Gasteiger charge is 2.27. The van der Waals surface area contributed by atoms with Gasteiger partial charge in [0.15, 0.2) is 0 Å². The fourth-order valence-electron chi connectivity index (χ4n) is 3.15. The molecule has 0 spiro atoms. The molecule has 0 atom stereocenters. The molecule has 1 N–H and O–H groups in total. The molecule has 1 aromatic carbocycles. The maximum atomic E-state index is 13.1. The molecular formula is C20H25N3O3S2. The second-order valence-electron chi connectivity index (χ2n) is 6.80. The molecule has 6 nitrogen and oxygen atoms in total. The van der Waals surface area contributed by atoms with E-state index in [0.29, 0.717) is 24.3 Å². The molecule has 3 rings (SSSR count). The van der Waals surface area contributed by atoms with Crippen molar-refractivity contribution in [1.82, 2.24) is 9.29 Å². The van der Waals surface area contributed by atoms with Gasteiger partial charge in [-0.05, 0) is 49.6 Å². The Bertz CT molecular complexity index is 910. The van der Waals surface area contributed by atoms with E-state index in [0.717, 1.165) is 30.7 Å². The summed E-state index contributed by atoms with van der Waals surface area (Å²) in [6.07, 6.45) is 5.59. The molecule has 2 aromatic rings. The van der Waals surface area contributed by atoms with Gasteiger partial charge in [0.05, 0.1) is 15.7 Å². The molecule has 150 valence electrons. The first-order valence-corrected chi connectivity index (χ1v) is 11.8. The van der Waals surface area contributed by atoms with Gasteiger partial charge in [0.2, 0.25) is 15.9 Å². The number of rotatable bonds is 6. The molecule has 8 heteroatoms. The Hall–Kier alpha value is -1.90. The molecule has 0 saturated carbocycles. The van der Waals surface area contributed by atoms with Gasteiger partial charge in [0, 0.05) is 25.0 Å². The number of nitrogens with zero attached hydrogens (tertiary/aromatic N) is 2. The maximum absolute atomic E-state index is 13.1. The molecule has 1 fully saturated rings. The number of carbonyl (C=O) groups excluding carboxylic acids is 1. The number of hydrogen-bond acceptors (Lipinski definition) is 5. The summed E-state index contributed by atoms with van der Waals surface area (Å²) in [5.41, 5.74) is 1.18. The predicted molar refractivity (Wildman–Crippen MR) is 112 cm³/mol. The molecule has 1 aliphatic rings. The number of amides is 1. The Kier molecular flexibility index (Phi) is 7.09. The van der Waals surface area contributed by atoms with E-state index in [1.54, 1.807) is 35.6 Å². The van der Waals surface area contributed by atoms with Crippen LogP contribution in [0.2, 0.25) is 0 Å². The van der Waals surface area contributed by atoms with Crippen molar-refractivity contribution >= 4 is 33.4 Å². The number of carbonyl (C=O) groups is 1. The summed E-state index contributed by atoms with van der Waals surface area (Å²) in [6, 6.07) is 10.6. The van der Waals surface area contributed by atoms with Crippen LogP contribution in [-0.2, 0) is 14.8 Å². The van der Waals surface area contributed by atoms with Gasteiger partial charge in [-0.25, -0.2) is 13.4 Å². The zero-order valence-electron chi connectivity index (χ0n) is 15.9. The number of aryl methyl sites for hydroxylation is 1. The van der Waals surface area contributed by atoms with Crippen molar-refractivity contribution in [3.8, 4) is 0 Å². The molecule has 2 heterocycles. The van der Waals surface area contributed by atoms with Gasteiger partial charge in [-0.3, -0.25) is 4.79 Å². The minimum Gasteiger partial charge on any atom is -0.325 e. The van der Waals surface area contributed by atoms with Gasteiger partial charge in [-0.15, -0.1) is 0 Å². The number of sulfonamides is 1. The lowest BCUT2D eigenvalue weighted by Gasteiger charge is -2.21. The number of thioether (sulfide) groups is 1. The molecule has 0 unspecified atom stereocenters. The van der Waals surface area contributed by atoms with E-state index in [9.17, 15) is 13.2 Å². The molecule has 1 amide bonds. The van der Waals surface area contributed by atoms with Crippen LogP contribution in [0, 0.1) is 6.92 Å². The molecule has 28 heavy (non-hydrogen) atoms. The number of anilines is 1. The Morgan fingerprint density at radius 2 is 1.89 bits per heavy atom. The van der Waals surface area contributed by atoms with Gasteiger partial charge >= 0.3 is 0 Å². The molecule has 1 saturated heterocycles. The van der Waals surface area contributed by atoms with Gasteiger partial charge in [0.25, 0.3) is 0 Å². The highest BCUT2D eigenvalue weighted by molar-refractivity contribution is 7.99. The second kappa shape index (κ2) is 9.54. The van der Waals surface area contributed by atoms with Gasteiger partial charge in [0.1, 0.15) is 0 Å². The number of nitrogens with one attached hydrogen (secondary N) is 1. The summed E-state index contributed by atoms with van der Waals surface area (Å²) in [6.45, 7) is 2.89.